The Labute approximate surface area is 95.3 Å². The monoisotopic (exact) mass is 227 g/mol. The maximum absolute atomic E-state index is 5.64. The highest BCUT2D eigenvalue weighted by Crippen LogP contribution is 2.15. The Hall–Kier alpha value is -0.810. The highest BCUT2D eigenvalue weighted by atomic mass is 32.2. The first kappa shape index (κ1) is 12.3. The van der Waals surface area contributed by atoms with Gasteiger partial charge in [-0.3, -0.25) is 0 Å². The molecule has 0 aromatic carbocycles. The summed E-state index contributed by atoms with van der Waals surface area (Å²) in [4.78, 5) is 9.96. The van der Waals surface area contributed by atoms with Crippen molar-refractivity contribution in [2.24, 2.45) is 0 Å². The number of nitrogens with one attached hydrogen (secondary N) is 1. The summed E-state index contributed by atoms with van der Waals surface area (Å²) in [6.07, 6.45) is 1.17. The first-order valence-corrected chi connectivity index (χ1v) is 6.09. The molecule has 0 radical (unpaired) electrons. The lowest BCUT2D eigenvalue weighted by Crippen LogP contribution is -3.05. The summed E-state index contributed by atoms with van der Waals surface area (Å²) in [5, 5.41) is 0.793. The van der Waals surface area contributed by atoms with E-state index in [2.05, 4.69) is 24.1 Å². The lowest BCUT2D eigenvalue weighted by molar-refractivity contribution is -0.858. The smallest absolute Gasteiger partial charge is 0.189 e. The molecule has 0 amide bonds. The molecule has 0 unspecified atom stereocenters. The van der Waals surface area contributed by atoms with Crippen LogP contribution < -0.4 is 10.6 Å². The summed E-state index contributed by atoms with van der Waals surface area (Å²) < 4.78 is 0. The van der Waals surface area contributed by atoms with E-state index in [0.29, 0.717) is 5.82 Å². The van der Waals surface area contributed by atoms with E-state index in [9.17, 15) is 0 Å². The predicted octanol–water partition coefficient (Wildman–Crippen LogP) is -0.00608. The van der Waals surface area contributed by atoms with Gasteiger partial charge in [0.2, 0.25) is 0 Å². The van der Waals surface area contributed by atoms with Gasteiger partial charge < -0.3 is 10.6 Å². The molecule has 0 aliphatic carbocycles. The summed E-state index contributed by atoms with van der Waals surface area (Å²) in [6.45, 7) is 3.11. The van der Waals surface area contributed by atoms with Gasteiger partial charge in [0.1, 0.15) is 5.82 Å². The molecule has 0 fully saturated rings. The number of thioether (sulfide) groups is 1. The Morgan fingerprint density at radius 2 is 2.13 bits per heavy atom. The van der Waals surface area contributed by atoms with E-state index >= 15 is 0 Å². The summed E-state index contributed by atoms with van der Waals surface area (Å²) in [7, 11) is 4.32. The van der Waals surface area contributed by atoms with Crippen LogP contribution in [0, 0.1) is 6.92 Å². The van der Waals surface area contributed by atoms with E-state index in [-0.39, 0.29) is 0 Å². The lowest BCUT2D eigenvalue weighted by Gasteiger charge is -2.06. The minimum Gasteiger partial charge on any atom is -0.384 e. The Morgan fingerprint density at radius 3 is 2.73 bits per heavy atom. The third-order valence-corrected chi connectivity index (χ3v) is 2.84. The van der Waals surface area contributed by atoms with Crippen molar-refractivity contribution in [3.05, 3.63) is 11.8 Å². The van der Waals surface area contributed by atoms with Crippen LogP contribution in [0.1, 0.15) is 12.1 Å². The van der Waals surface area contributed by atoms with Gasteiger partial charge >= 0.3 is 0 Å². The highest BCUT2D eigenvalue weighted by molar-refractivity contribution is 7.99. The number of hydrogen-bond acceptors (Lipinski definition) is 4. The van der Waals surface area contributed by atoms with Crippen molar-refractivity contribution in [2.75, 3.05) is 32.1 Å². The van der Waals surface area contributed by atoms with Crippen LogP contribution in [0.4, 0.5) is 5.82 Å². The lowest BCUT2D eigenvalue weighted by atomic mass is 10.4. The maximum Gasteiger partial charge on any atom is 0.189 e. The topological polar surface area (TPSA) is 56.2 Å². The van der Waals surface area contributed by atoms with E-state index in [1.54, 1.807) is 17.8 Å². The predicted molar refractivity (Wildman–Crippen MR) is 64.2 cm³/mol. The zero-order chi connectivity index (χ0) is 11.3. The largest absolute Gasteiger partial charge is 0.384 e. The molecule has 0 atom stereocenters. The molecule has 0 aliphatic rings. The standard InChI is InChI=1S/C10H18N4S/c1-8-7-9(11)13-10(12-8)15-6-4-5-14(2)3/h7H,4-6H2,1-3H3,(H2,11,12,13)/p+1. The van der Waals surface area contributed by atoms with Gasteiger partial charge in [-0.2, -0.15) is 0 Å². The summed E-state index contributed by atoms with van der Waals surface area (Å²) in [5.41, 5.74) is 6.58. The zero-order valence-corrected chi connectivity index (χ0v) is 10.4. The number of rotatable bonds is 5. The molecule has 3 N–H and O–H groups in total. The van der Waals surface area contributed by atoms with E-state index in [1.165, 1.54) is 17.9 Å². The second-order valence-corrected chi connectivity index (χ2v) is 4.94. The first-order valence-electron chi connectivity index (χ1n) is 5.11. The van der Waals surface area contributed by atoms with Crippen LogP contribution in [-0.4, -0.2) is 36.4 Å². The molecule has 84 valence electrons. The number of nitrogens with two attached hydrogens (primary N) is 1. The van der Waals surface area contributed by atoms with Crippen molar-refractivity contribution in [2.45, 2.75) is 18.5 Å². The van der Waals surface area contributed by atoms with Crippen molar-refractivity contribution in [3.8, 4) is 0 Å². The van der Waals surface area contributed by atoms with E-state index in [1.807, 2.05) is 6.92 Å². The number of quaternary nitrogens is 1. The number of anilines is 1. The molecule has 5 heteroatoms. The SMILES string of the molecule is Cc1cc(N)nc(SCCC[NH+](C)C)n1. The Kier molecular flexibility index (Phi) is 4.84. The molecule has 0 saturated heterocycles. The average Bonchev–Trinajstić information content (AvgIpc) is 2.10. The van der Waals surface area contributed by atoms with Crippen LogP contribution >= 0.6 is 11.8 Å². The Morgan fingerprint density at radius 1 is 1.40 bits per heavy atom. The fraction of sp³-hybridized carbons (Fsp3) is 0.600. The van der Waals surface area contributed by atoms with Gasteiger partial charge in [-0.25, -0.2) is 9.97 Å². The van der Waals surface area contributed by atoms with Crippen LogP contribution in [-0.2, 0) is 0 Å². The van der Waals surface area contributed by atoms with Gasteiger partial charge in [-0.1, -0.05) is 11.8 Å². The van der Waals surface area contributed by atoms with Crippen molar-refractivity contribution in [1.82, 2.24) is 9.97 Å². The third-order valence-electron chi connectivity index (χ3n) is 1.91. The molecule has 15 heavy (non-hydrogen) atoms. The Balaban J connectivity index is 2.37. The van der Waals surface area contributed by atoms with Crippen molar-refractivity contribution in [3.63, 3.8) is 0 Å². The number of aromatic nitrogens is 2. The fourth-order valence-corrected chi connectivity index (χ4v) is 2.07. The van der Waals surface area contributed by atoms with Gasteiger partial charge in [0.25, 0.3) is 0 Å². The van der Waals surface area contributed by atoms with Crippen molar-refractivity contribution < 1.29 is 4.90 Å². The van der Waals surface area contributed by atoms with Crippen LogP contribution in [0.5, 0.6) is 0 Å². The highest BCUT2D eigenvalue weighted by Gasteiger charge is 2.01. The summed E-state index contributed by atoms with van der Waals surface area (Å²) in [5.74, 6) is 1.61. The number of aryl methyl sites for hydroxylation is 1. The van der Waals surface area contributed by atoms with Crippen LogP contribution in [0.15, 0.2) is 11.2 Å². The fourth-order valence-electron chi connectivity index (χ4n) is 1.22. The zero-order valence-electron chi connectivity index (χ0n) is 9.58. The van der Waals surface area contributed by atoms with Crippen LogP contribution in [0.3, 0.4) is 0 Å². The molecule has 0 saturated carbocycles. The molecular formula is C10H19N4S+. The molecule has 0 bridgehead atoms. The quantitative estimate of drug-likeness (QED) is 0.422. The van der Waals surface area contributed by atoms with Crippen LogP contribution in [0.2, 0.25) is 0 Å². The van der Waals surface area contributed by atoms with Gasteiger partial charge in [0.05, 0.1) is 20.6 Å². The second kappa shape index (κ2) is 5.92. The maximum atomic E-state index is 5.64. The minimum atomic E-state index is 0.559. The molecule has 0 aliphatic heterocycles. The van der Waals surface area contributed by atoms with Gasteiger partial charge in [-0.05, 0) is 6.92 Å². The number of hydrogen-bond donors (Lipinski definition) is 2. The molecule has 1 heterocycles. The van der Waals surface area contributed by atoms with Gasteiger partial charge in [-0.15, -0.1) is 0 Å². The molecule has 0 spiro atoms. The van der Waals surface area contributed by atoms with Crippen molar-refractivity contribution in [1.29, 1.82) is 0 Å². The molecule has 1 rings (SSSR count). The van der Waals surface area contributed by atoms with Crippen molar-refractivity contribution >= 4 is 17.6 Å². The molecular weight excluding hydrogens is 208 g/mol. The molecule has 4 nitrogen and oxygen atoms in total. The minimum absolute atomic E-state index is 0.559. The average molecular weight is 227 g/mol. The van der Waals surface area contributed by atoms with Gasteiger partial charge in [0, 0.05) is 23.9 Å². The van der Waals surface area contributed by atoms with E-state index in [0.717, 1.165) is 16.6 Å². The molecule has 1 aromatic heterocycles. The second-order valence-electron chi connectivity index (χ2n) is 3.88. The summed E-state index contributed by atoms with van der Waals surface area (Å²) >= 11 is 1.68. The summed E-state index contributed by atoms with van der Waals surface area (Å²) in [6, 6.07) is 1.79. The van der Waals surface area contributed by atoms with E-state index < -0.39 is 0 Å². The van der Waals surface area contributed by atoms with Gasteiger partial charge in [0.15, 0.2) is 5.16 Å². The number of nitrogens with zero attached hydrogens (tertiary/aromatic N) is 2. The molecule has 1 aromatic rings. The normalized spacial score (nSPS) is 10.9. The number of nitrogen functional groups attached to an aromatic ring is 1. The van der Waals surface area contributed by atoms with E-state index in [4.69, 9.17) is 5.73 Å². The Bertz CT molecular complexity index is 294. The third kappa shape index (κ3) is 4.99. The first-order chi connectivity index (χ1) is 7.08. The van der Waals surface area contributed by atoms with Crippen LogP contribution in [0.25, 0.3) is 0 Å².